The zero-order chi connectivity index (χ0) is 37.5. The largest absolute Gasteiger partial charge is 0.471 e. The van der Waals surface area contributed by atoms with E-state index in [9.17, 15) is 32.0 Å². The summed E-state index contributed by atoms with van der Waals surface area (Å²) >= 11 is 1.31. The van der Waals surface area contributed by atoms with Crippen LogP contribution < -0.4 is 20.1 Å². The average Bonchev–Trinajstić information content (AvgIpc) is 4.01. The molecule has 3 N–H and O–H groups in total. The number of allylic oxidation sites excluding steroid dienone is 1. The van der Waals surface area contributed by atoms with Gasteiger partial charge in [-0.25, -0.2) is 22.8 Å². The standard InChI is InChI=1S/C37H43FN6O7S2/c1-3-26-34(41-29-17-23(38)12-15-27(29)39-26)51-24-18-30-32(45)42-37(36(48)43-53(49,50)25-13-14-25)19-22(37)9-7-5-4-6-8-10-28(35(47)44(30)20-24)40-33(46)31-16-11-21(2)52-31/h7,9,11-12,15-17,22,24-25,28,30H,3-6,8,10,13-14,18-20H2,1-2H3,(H,40,46)(H,42,45)(H,43,48)/t22-,24-,28+,30+,37-/m1/s1. The number of aromatic nitrogens is 2. The van der Waals surface area contributed by atoms with Gasteiger partial charge in [-0.05, 0) is 76.1 Å². The van der Waals surface area contributed by atoms with E-state index in [1.165, 1.54) is 34.4 Å². The zero-order valence-corrected chi connectivity index (χ0v) is 31.2. The minimum atomic E-state index is -3.90. The summed E-state index contributed by atoms with van der Waals surface area (Å²) in [6, 6.07) is 5.53. The molecule has 1 saturated heterocycles. The highest BCUT2D eigenvalue weighted by atomic mass is 32.2. The lowest BCUT2D eigenvalue weighted by Gasteiger charge is -2.29. The molecule has 3 fully saturated rings. The number of thiophene rings is 1. The van der Waals surface area contributed by atoms with Crippen molar-refractivity contribution in [3.8, 4) is 5.88 Å². The van der Waals surface area contributed by atoms with Crippen molar-refractivity contribution in [1.82, 2.24) is 30.2 Å². The maximum absolute atomic E-state index is 14.5. The van der Waals surface area contributed by atoms with Gasteiger partial charge in [-0.2, -0.15) is 0 Å². The zero-order valence-electron chi connectivity index (χ0n) is 29.6. The van der Waals surface area contributed by atoms with E-state index in [0.717, 1.165) is 17.7 Å². The number of fused-ring (bicyclic) bond motifs is 3. The van der Waals surface area contributed by atoms with Crippen LogP contribution in [0.1, 0.15) is 85.0 Å². The molecule has 2 saturated carbocycles. The molecule has 1 aromatic carbocycles. The molecule has 282 valence electrons. The second-order valence-corrected chi connectivity index (χ2v) is 17.6. The van der Waals surface area contributed by atoms with Crippen LogP contribution in [0.2, 0.25) is 0 Å². The van der Waals surface area contributed by atoms with Gasteiger partial charge >= 0.3 is 0 Å². The van der Waals surface area contributed by atoms with Crippen molar-refractivity contribution >= 4 is 56.0 Å². The third-order valence-electron chi connectivity index (χ3n) is 10.4. The first-order chi connectivity index (χ1) is 25.4. The number of nitrogens with zero attached hydrogens (tertiary/aromatic N) is 3. The third-order valence-corrected chi connectivity index (χ3v) is 13.2. The fourth-order valence-corrected chi connectivity index (χ4v) is 9.30. The van der Waals surface area contributed by atoms with E-state index < -0.39 is 74.4 Å². The maximum Gasteiger partial charge on any atom is 0.262 e. The Morgan fingerprint density at radius 2 is 1.91 bits per heavy atom. The molecule has 53 heavy (non-hydrogen) atoms. The van der Waals surface area contributed by atoms with Gasteiger partial charge in [0.2, 0.25) is 27.7 Å². The molecule has 0 unspecified atom stereocenters. The Balaban J connectivity index is 1.20. The fourth-order valence-electron chi connectivity index (χ4n) is 7.16. The summed E-state index contributed by atoms with van der Waals surface area (Å²) in [5.41, 5.74) is -0.227. The Hall–Kier alpha value is -4.44. The minimum absolute atomic E-state index is 0.00690. The molecule has 4 heterocycles. The summed E-state index contributed by atoms with van der Waals surface area (Å²) in [6.07, 6.45) is 7.85. The van der Waals surface area contributed by atoms with E-state index in [1.807, 2.05) is 32.1 Å². The molecule has 4 aliphatic rings. The van der Waals surface area contributed by atoms with E-state index in [1.54, 1.807) is 6.07 Å². The highest BCUT2D eigenvalue weighted by molar-refractivity contribution is 7.91. The van der Waals surface area contributed by atoms with Crippen molar-refractivity contribution in [3.63, 3.8) is 0 Å². The van der Waals surface area contributed by atoms with E-state index in [2.05, 4.69) is 25.3 Å². The number of carbonyl (C=O) groups excluding carboxylic acids is 4. The predicted octanol–water partition coefficient (Wildman–Crippen LogP) is 3.85. The predicted molar refractivity (Wildman–Crippen MR) is 195 cm³/mol. The summed E-state index contributed by atoms with van der Waals surface area (Å²) < 4.78 is 48.3. The Bertz CT molecular complexity index is 2090. The van der Waals surface area contributed by atoms with Crippen LogP contribution in [0.5, 0.6) is 5.88 Å². The monoisotopic (exact) mass is 766 g/mol. The number of sulfonamides is 1. The topological polar surface area (TPSA) is 177 Å². The smallest absolute Gasteiger partial charge is 0.262 e. The maximum atomic E-state index is 14.5. The van der Waals surface area contributed by atoms with Crippen LogP contribution >= 0.6 is 11.3 Å². The van der Waals surface area contributed by atoms with Gasteiger partial charge in [0.05, 0.1) is 27.7 Å². The molecule has 7 rings (SSSR count). The number of carbonyl (C=O) groups is 4. The first-order valence-corrected chi connectivity index (χ1v) is 20.6. The van der Waals surface area contributed by atoms with Crippen molar-refractivity contribution in [2.24, 2.45) is 5.92 Å². The molecule has 4 amide bonds. The van der Waals surface area contributed by atoms with Gasteiger partial charge in [-0.1, -0.05) is 31.9 Å². The van der Waals surface area contributed by atoms with Gasteiger partial charge in [0.1, 0.15) is 35.2 Å². The molecule has 0 bridgehead atoms. The lowest BCUT2D eigenvalue weighted by atomic mass is 10.0. The van der Waals surface area contributed by atoms with E-state index in [0.29, 0.717) is 54.6 Å². The molecule has 2 aliphatic carbocycles. The molecule has 0 spiro atoms. The summed E-state index contributed by atoms with van der Waals surface area (Å²) in [4.78, 5) is 67.9. The summed E-state index contributed by atoms with van der Waals surface area (Å²) in [5.74, 6) is -3.09. The summed E-state index contributed by atoms with van der Waals surface area (Å²) in [6.45, 7) is 3.71. The molecule has 2 aliphatic heterocycles. The summed E-state index contributed by atoms with van der Waals surface area (Å²) in [5, 5.41) is 5.14. The van der Waals surface area contributed by atoms with Crippen LogP contribution in [0.3, 0.4) is 0 Å². The lowest BCUT2D eigenvalue weighted by Crippen LogP contribution is -2.58. The first kappa shape index (κ1) is 36.9. The van der Waals surface area contributed by atoms with Crippen LogP contribution in [-0.2, 0) is 30.8 Å². The van der Waals surface area contributed by atoms with Crippen LogP contribution in [0.25, 0.3) is 11.0 Å². The molecular formula is C37H43FN6O7S2. The van der Waals surface area contributed by atoms with Crippen LogP contribution in [0, 0.1) is 18.7 Å². The number of aryl methyl sites for hydroxylation is 2. The molecule has 2 aromatic heterocycles. The lowest BCUT2D eigenvalue weighted by molar-refractivity contribution is -0.141. The fraction of sp³-hybridized carbons (Fsp3) is 0.514. The highest BCUT2D eigenvalue weighted by Gasteiger charge is 2.62. The normalized spacial score (nSPS) is 26.5. The van der Waals surface area contributed by atoms with E-state index in [-0.39, 0.29) is 30.8 Å². The SMILES string of the molecule is CCc1nc2ccc(F)cc2nc1O[C@@H]1C[C@H]2C(=O)N[C@]3(C(=O)NS(=O)(=O)C4CC4)C[C@H]3C=CCCCCC[C@H](NC(=O)c3ccc(C)s3)C(=O)N2C1. The van der Waals surface area contributed by atoms with Crippen LogP contribution in [0.4, 0.5) is 4.39 Å². The minimum Gasteiger partial charge on any atom is -0.471 e. The number of hydrogen-bond donors (Lipinski definition) is 3. The Morgan fingerprint density at radius 1 is 1.09 bits per heavy atom. The number of halogens is 1. The second-order valence-electron chi connectivity index (χ2n) is 14.4. The first-order valence-electron chi connectivity index (χ1n) is 18.2. The number of amides is 4. The third kappa shape index (κ3) is 7.93. The molecule has 13 nitrogen and oxygen atoms in total. The van der Waals surface area contributed by atoms with Crippen molar-refractivity contribution < 1.29 is 36.7 Å². The summed E-state index contributed by atoms with van der Waals surface area (Å²) in [7, 11) is -3.90. The van der Waals surface area contributed by atoms with Gasteiger partial charge in [0.25, 0.3) is 11.8 Å². The average molecular weight is 767 g/mol. The van der Waals surface area contributed by atoms with E-state index in [4.69, 9.17) is 4.74 Å². The van der Waals surface area contributed by atoms with E-state index >= 15 is 0 Å². The van der Waals surface area contributed by atoms with Crippen molar-refractivity contribution in [3.05, 3.63) is 63.7 Å². The Labute approximate surface area is 311 Å². The van der Waals surface area contributed by atoms with Crippen LogP contribution in [-0.4, -0.2) is 82.4 Å². The second kappa shape index (κ2) is 14.8. The van der Waals surface area contributed by atoms with Gasteiger partial charge < -0.3 is 20.3 Å². The van der Waals surface area contributed by atoms with Crippen molar-refractivity contribution in [1.29, 1.82) is 0 Å². The number of ether oxygens (including phenoxy) is 1. The molecular weight excluding hydrogens is 724 g/mol. The quantitative estimate of drug-likeness (QED) is 0.288. The Kier molecular flexibility index (Phi) is 10.3. The van der Waals surface area contributed by atoms with Gasteiger partial charge in [-0.15, -0.1) is 11.3 Å². The molecule has 16 heteroatoms. The van der Waals surface area contributed by atoms with Crippen molar-refractivity contribution in [2.45, 2.75) is 107 Å². The molecule has 5 atom stereocenters. The number of hydrogen-bond acceptors (Lipinski definition) is 10. The van der Waals surface area contributed by atoms with Gasteiger partial charge in [0, 0.05) is 23.3 Å². The molecule has 3 aromatic rings. The Morgan fingerprint density at radius 3 is 2.64 bits per heavy atom. The molecule has 0 radical (unpaired) electrons. The highest BCUT2D eigenvalue weighted by Crippen LogP contribution is 2.46. The number of benzene rings is 1. The van der Waals surface area contributed by atoms with Crippen LogP contribution in [0.15, 0.2) is 42.5 Å². The van der Waals surface area contributed by atoms with Gasteiger partial charge in [-0.3, -0.25) is 23.9 Å². The van der Waals surface area contributed by atoms with Gasteiger partial charge in [0.15, 0.2) is 0 Å². The number of nitrogens with one attached hydrogen (secondary N) is 3. The number of rotatable bonds is 8. The van der Waals surface area contributed by atoms with Crippen molar-refractivity contribution in [2.75, 3.05) is 6.54 Å².